The van der Waals surface area contributed by atoms with Gasteiger partial charge in [0, 0.05) is 23.9 Å². The topological polar surface area (TPSA) is 156 Å². The van der Waals surface area contributed by atoms with Crippen LogP contribution in [0.25, 0.3) is 11.3 Å². The van der Waals surface area contributed by atoms with Gasteiger partial charge in [-0.1, -0.05) is 19.1 Å². The molecule has 5 N–H and O–H groups in total. The lowest BCUT2D eigenvalue weighted by Gasteiger charge is -2.17. The maximum atomic E-state index is 12.6. The number of aryl methyl sites for hydroxylation is 1. The molecule has 4 rings (SSSR count). The number of nitriles is 1. The normalized spacial score (nSPS) is 15.3. The van der Waals surface area contributed by atoms with Crippen LogP contribution in [0.15, 0.2) is 42.6 Å². The van der Waals surface area contributed by atoms with Crippen LogP contribution in [-0.2, 0) is 6.42 Å². The lowest BCUT2D eigenvalue weighted by atomic mass is 10.1. The van der Waals surface area contributed by atoms with E-state index in [1.54, 1.807) is 35.4 Å². The van der Waals surface area contributed by atoms with E-state index in [9.17, 15) is 14.9 Å². The largest absolute Gasteiger partial charge is 0.364 e. The molecule has 1 aromatic carbocycles. The fraction of sp³-hybridized carbons (Fsp3) is 0.261. The van der Waals surface area contributed by atoms with Crippen LogP contribution in [0.3, 0.4) is 0 Å². The number of nitrogens with zero attached hydrogens (tertiary/aromatic N) is 5. The molecule has 168 valence electrons. The van der Waals surface area contributed by atoms with Crippen molar-refractivity contribution in [3.8, 4) is 17.5 Å². The minimum Gasteiger partial charge on any atom is -0.364 e. The predicted molar refractivity (Wildman–Crippen MR) is 122 cm³/mol. The monoisotopic (exact) mass is 444 g/mol. The summed E-state index contributed by atoms with van der Waals surface area (Å²) in [7, 11) is 0. The van der Waals surface area contributed by atoms with Gasteiger partial charge in [-0.25, -0.2) is 14.6 Å². The van der Waals surface area contributed by atoms with Crippen molar-refractivity contribution in [2.75, 3.05) is 17.7 Å². The predicted octanol–water partition coefficient (Wildman–Crippen LogP) is 2.19. The Balaban J connectivity index is 1.62. The number of primary amides is 1. The van der Waals surface area contributed by atoms with Gasteiger partial charge < -0.3 is 16.9 Å². The lowest BCUT2D eigenvalue weighted by molar-refractivity contribution is 0.0991. The Kier molecular flexibility index (Phi) is 5.95. The van der Waals surface area contributed by atoms with Crippen molar-refractivity contribution in [3.63, 3.8) is 0 Å². The fourth-order valence-corrected chi connectivity index (χ4v) is 4.01. The molecule has 33 heavy (non-hydrogen) atoms. The summed E-state index contributed by atoms with van der Waals surface area (Å²) in [5.74, 6) is 6.02. The smallest absolute Gasteiger partial charge is 0.269 e. The number of carbonyl (C=O) groups excluding carboxylic acids is 2. The Bertz CT molecular complexity index is 1240. The maximum absolute atomic E-state index is 12.6. The molecule has 1 aliphatic heterocycles. The number of aromatic nitrogens is 3. The molecular weight excluding hydrogens is 420 g/mol. The second kappa shape index (κ2) is 9.00. The summed E-state index contributed by atoms with van der Waals surface area (Å²) >= 11 is 0. The van der Waals surface area contributed by atoms with E-state index >= 15 is 0 Å². The van der Waals surface area contributed by atoms with Crippen LogP contribution in [0, 0.1) is 11.5 Å². The Hall–Kier alpha value is -4.39. The molecule has 1 aliphatic rings. The highest BCUT2D eigenvalue weighted by atomic mass is 16.2. The summed E-state index contributed by atoms with van der Waals surface area (Å²) in [5.41, 5.74) is 8.02. The molecule has 0 radical (unpaired) electrons. The number of hydrogen-bond donors (Lipinski definition) is 3. The second-order valence-electron chi connectivity index (χ2n) is 7.79. The minimum absolute atomic E-state index is 0.0487. The van der Waals surface area contributed by atoms with Crippen LogP contribution < -0.4 is 16.9 Å². The summed E-state index contributed by atoms with van der Waals surface area (Å²) in [4.78, 5) is 35.1. The van der Waals surface area contributed by atoms with Crippen molar-refractivity contribution in [3.05, 3.63) is 65.2 Å². The number of amides is 2. The lowest BCUT2D eigenvalue weighted by Crippen LogP contribution is -2.27. The van der Waals surface area contributed by atoms with Crippen molar-refractivity contribution >= 4 is 17.6 Å². The quantitative estimate of drug-likeness (QED) is 0.388. The third-order valence-corrected chi connectivity index (χ3v) is 5.75. The Morgan fingerprint density at radius 3 is 2.70 bits per heavy atom. The van der Waals surface area contributed by atoms with Crippen molar-refractivity contribution < 1.29 is 9.59 Å². The Morgan fingerprint density at radius 1 is 1.27 bits per heavy atom. The van der Waals surface area contributed by atoms with Crippen LogP contribution in [-0.4, -0.2) is 37.9 Å². The van der Waals surface area contributed by atoms with E-state index in [-0.39, 0.29) is 17.6 Å². The average Bonchev–Trinajstić information content (AvgIpc) is 3.43. The molecule has 2 amide bonds. The molecule has 0 bridgehead atoms. The summed E-state index contributed by atoms with van der Waals surface area (Å²) in [6, 6.07) is 10.0. The molecule has 3 heterocycles. The summed E-state index contributed by atoms with van der Waals surface area (Å²) in [6.07, 6.45) is 6.16. The van der Waals surface area contributed by atoms with Gasteiger partial charge in [0.1, 0.15) is 11.5 Å². The first kappa shape index (κ1) is 21.8. The number of rotatable bonds is 6. The number of likely N-dealkylation sites (tertiary alicyclic amines) is 1. The molecule has 1 fully saturated rings. The SMILES string of the molecule is CCc1ccnc(NC(=O)c2ccc(-c3nc(C4CCCN4C#N)n(N)c3C(N)=O)cc2)c1. The number of benzene rings is 1. The molecule has 1 unspecified atom stereocenters. The molecule has 10 heteroatoms. The third-order valence-electron chi connectivity index (χ3n) is 5.75. The number of hydrogen-bond acceptors (Lipinski definition) is 7. The van der Waals surface area contributed by atoms with E-state index in [1.807, 2.05) is 19.1 Å². The molecule has 2 aromatic heterocycles. The van der Waals surface area contributed by atoms with Gasteiger partial charge >= 0.3 is 0 Å². The number of carbonyl (C=O) groups is 2. The highest BCUT2D eigenvalue weighted by molar-refractivity contribution is 6.04. The molecule has 0 aliphatic carbocycles. The van der Waals surface area contributed by atoms with Crippen molar-refractivity contribution in [2.24, 2.45) is 5.73 Å². The minimum atomic E-state index is -0.726. The summed E-state index contributed by atoms with van der Waals surface area (Å²) in [6.45, 7) is 2.63. The highest BCUT2D eigenvalue weighted by Gasteiger charge is 2.32. The second-order valence-corrected chi connectivity index (χ2v) is 7.79. The van der Waals surface area contributed by atoms with Gasteiger partial charge in [0.25, 0.3) is 11.8 Å². The fourth-order valence-electron chi connectivity index (χ4n) is 4.01. The zero-order valence-electron chi connectivity index (χ0n) is 18.2. The van der Waals surface area contributed by atoms with E-state index in [2.05, 4.69) is 21.5 Å². The number of pyridine rings is 1. The van der Waals surface area contributed by atoms with E-state index in [4.69, 9.17) is 11.6 Å². The van der Waals surface area contributed by atoms with Crippen molar-refractivity contribution in [2.45, 2.75) is 32.2 Å². The highest BCUT2D eigenvalue weighted by Crippen LogP contribution is 2.33. The molecule has 0 spiro atoms. The number of nitrogen functional groups attached to an aromatic ring is 1. The number of anilines is 1. The van der Waals surface area contributed by atoms with Gasteiger partial charge in [0.05, 0.1) is 6.04 Å². The Labute approximate surface area is 190 Å². The first-order chi connectivity index (χ1) is 15.9. The first-order valence-electron chi connectivity index (χ1n) is 10.6. The molecule has 10 nitrogen and oxygen atoms in total. The standard InChI is InChI=1S/C23H24N8O2/c1-2-14-9-10-27-18(12-14)28-23(33)16-7-5-15(6-8-16)19-20(21(25)32)31(26)22(29-19)17-4-3-11-30(17)13-24/h5-10,12,17H,2-4,11,26H2,1H3,(H2,25,32)(H,27,28,33). The van der Waals surface area contributed by atoms with Crippen molar-refractivity contribution in [1.29, 1.82) is 5.26 Å². The van der Waals surface area contributed by atoms with Crippen LogP contribution in [0.5, 0.6) is 0 Å². The summed E-state index contributed by atoms with van der Waals surface area (Å²) < 4.78 is 1.17. The first-order valence-corrected chi connectivity index (χ1v) is 10.6. The Morgan fingerprint density at radius 2 is 2.03 bits per heavy atom. The van der Waals surface area contributed by atoms with E-state index < -0.39 is 5.91 Å². The van der Waals surface area contributed by atoms with E-state index in [0.717, 1.165) is 18.4 Å². The van der Waals surface area contributed by atoms with E-state index in [0.29, 0.717) is 41.4 Å². The molecular formula is C23H24N8O2. The van der Waals surface area contributed by atoms with Gasteiger partial charge in [0.15, 0.2) is 17.7 Å². The van der Waals surface area contributed by atoms with Crippen LogP contribution in [0.1, 0.15) is 58.0 Å². The molecule has 3 aromatic rings. The van der Waals surface area contributed by atoms with Gasteiger partial charge in [-0.2, -0.15) is 5.26 Å². The van der Waals surface area contributed by atoms with Gasteiger partial charge in [-0.05, 0) is 49.1 Å². The number of nitrogens with one attached hydrogen (secondary N) is 1. The molecule has 1 atom stereocenters. The van der Waals surface area contributed by atoms with E-state index in [1.165, 1.54) is 4.68 Å². The van der Waals surface area contributed by atoms with Gasteiger partial charge in [-0.15, -0.1) is 0 Å². The maximum Gasteiger partial charge on any atom is 0.269 e. The molecule has 0 saturated carbocycles. The summed E-state index contributed by atoms with van der Waals surface area (Å²) in [5, 5.41) is 12.2. The third kappa shape index (κ3) is 4.21. The van der Waals surface area contributed by atoms with Crippen LogP contribution >= 0.6 is 0 Å². The van der Waals surface area contributed by atoms with Crippen LogP contribution in [0.2, 0.25) is 0 Å². The van der Waals surface area contributed by atoms with Gasteiger partial charge in [0.2, 0.25) is 0 Å². The number of nitrogens with two attached hydrogens (primary N) is 2. The van der Waals surface area contributed by atoms with Gasteiger partial charge in [-0.3, -0.25) is 14.5 Å². The zero-order chi connectivity index (χ0) is 23.5. The van der Waals surface area contributed by atoms with Crippen molar-refractivity contribution in [1.82, 2.24) is 19.5 Å². The number of imidazole rings is 1. The zero-order valence-corrected chi connectivity index (χ0v) is 18.2. The average molecular weight is 444 g/mol. The molecule has 1 saturated heterocycles. The van der Waals surface area contributed by atoms with Crippen LogP contribution in [0.4, 0.5) is 5.82 Å².